The van der Waals surface area contributed by atoms with Crippen LogP contribution in [0.15, 0.2) is 82.7 Å². The molecule has 0 bridgehead atoms. The number of ketones is 1. The van der Waals surface area contributed by atoms with Gasteiger partial charge in [0.15, 0.2) is 10.9 Å². The van der Waals surface area contributed by atoms with Gasteiger partial charge >= 0.3 is 0 Å². The highest BCUT2D eigenvalue weighted by molar-refractivity contribution is 8.00. The average Bonchev–Trinajstić information content (AvgIpc) is 2.84. The van der Waals surface area contributed by atoms with Crippen molar-refractivity contribution in [1.29, 1.82) is 0 Å². The Kier molecular flexibility index (Phi) is 6.93. The molecule has 0 saturated heterocycles. The molecule has 1 N–H and O–H groups in total. The molecule has 0 saturated carbocycles. The molecule has 0 aliphatic rings. The Morgan fingerprint density at radius 2 is 1.76 bits per heavy atom. The second-order valence-electron chi connectivity index (χ2n) is 7.96. The van der Waals surface area contributed by atoms with Crippen LogP contribution in [0.2, 0.25) is 0 Å². The number of amides is 1. The minimum absolute atomic E-state index is 0.0722. The maximum atomic E-state index is 13.4. The van der Waals surface area contributed by atoms with Gasteiger partial charge in [0.2, 0.25) is 5.91 Å². The van der Waals surface area contributed by atoms with Crippen LogP contribution in [0, 0.1) is 0 Å². The molecule has 1 aromatic heterocycles. The van der Waals surface area contributed by atoms with Crippen LogP contribution in [0.1, 0.15) is 36.7 Å². The summed E-state index contributed by atoms with van der Waals surface area (Å²) >= 11 is 1.21. The zero-order valence-electron chi connectivity index (χ0n) is 19.2. The molecular weight excluding hydrogens is 446 g/mol. The maximum absolute atomic E-state index is 13.4. The highest BCUT2D eigenvalue weighted by atomic mass is 32.2. The summed E-state index contributed by atoms with van der Waals surface area (Å²) in [5.41, 5.74) is 3.34. The monoisotopic (exact) mass is 471 g/mol. The van der Waals surface area contributed by atoms with Crippen LogP contribution in [0.25, 0.3) is 16.6 Å². The number of nitrogens with one attached hydrogen (secondary N) is 1. The van der Waals surface area contributed by atoms with Gasteiger partial charge in [-0.1, -0.05) is 55.1 Å². The minimum atomic E-state index is -0.546. The van der Waals surface area contributed by atoms with Crippen LogP contribution >= 0.6 is 11.8 Å². The van der Waals surface area contributed by atoms with Gasteiger partial charge in [0, 0.05) is 11.3 Å². The number of para-hydroxylation sites is 1. The Hall–Kier alpha value is -3.71. The van der Waals surface area contributed by atoms with Gasteiger partial charge < -0.3 is 5.32 Å². The predicted octanol–water partition coefficient (Wildman–Crippen LogP) is 5.27. The quantitative estimate of drug-likeness (QED) is 0.226. The highest BCUT2D eigenvalue weighted by Gasteiger charge is 2.20. The standard InChI is InChI=1S/C27H25N3O3S/c1-4-19-12-14-22(15-13-19)30-26(33)23-10-5-6-11-24(23)29-27(30)34-18(3)25(32)28-21-9-7-8-20(16-21)17(2)31/h5-16,18H,4H2,1-3H3,(H,28,32). The summed E-state index contributed by atoms with van der Waals surface area (Å²) in [5, 5.41) is 3.27. The van der Waals surface area contributed by atoms with Gasteiger partial charge in [-0.05, 0) is 62.2 Å². The number of Topliss-reactive ketones (excluding diaryl/α,β-unsaturated/α-hetero) is 1. The fraction of sp³-hybridized carbons (Fsp3) is 0.185. The van der Waals surface area contributed by atoms with Gasteiger partial charge in [-0.15, -0.1) is 0 Å². The van der Waals surface area contributed by atoms with Crippen molar-refractivity contribution in [2.45, 2.75) is 37.6 Å². The number of hydrogen-bond donors (Lipinski definition) is 1. The number of nitrogens with zero attached hydrogens (tertiary/aromatic N) is 2. The molecule has 172 valence electrons. The third kappa shape index (κ3) is 4.94. The number of carbonyl (C=O) groups is 2. The Morgan fingerprint density at radius 3 is 2.47 bits per heavy atom. The van der Waals surface area contributed by atoms with Gasteiger partial charge in [0.1, 0.15) is 0 Å². The van der Waals surface area contributed by atoms with Crippen molar-refractivity contribution in [2.75, 3.05) is 5.32 Å². The van der Waals surface area contributed by atoms with Gasteiger partial charge in [0.25, 0.3) is 5.56 Å². The SMILES string of the molecule is CCc1ccc(-n2c(SC(C)C(=O)Nc3cccc(C(C)=O)c3)nc3ccccc3c2=O)cc1. The Labute approximate surface area is 202 Å². The molecule has 0 spiro atoms. The second kappa shape index (κ2) is 10.1. The summed E-state index contributed by atoms with van der Waals surface area (Å²) in [6, 6.07) is 21.8. The van der Waals surface area contributed by atoms with E-state index in [2.05, 4.69) is 12.2 Å². The maximum Gasteiger partial charge on any atom is 0.266 e. The van der Waals surface area contributed by atoms with Crippen molar-refractivity contribution in [3.8, 4) is 5.69 Å². The molecule has 0 aliphatic carbocycles. The lowest BCUT2D eigenvalue weighted by Gasteiger charge is -2.17. The molecule has 7 heteroatoms. The second-order valence-corrected chi connectivity index (χ2v) is 9.27. The van der Waals surface area contributed by atoms with E-state index in [9.17, 15) is 14.4 Å². The summed E-state index contributed by atoms with van der Waals surface area (Å²) in [4.78, 5) is 42.7. The van der Waals surface area contributed by atoms with Crippen LogP contribution in [0.5, 0.6) is 0 Å². The first-order valence-electron chi connectivity index (χ1n) is 11.1. The Bertz CT molecular complexity index is 1430. The smallest absolute Gasteiger partial charge is 0.266 e. The van der Waals surface area contributed by atoms with Crippen LogP contribution in [-0.2, 0) is 11.2 Å². The summed E-state index contributed by atoms with van der Waals surface area (Å²) in [6.45, 7) is 5.32. The van der Waals surface area contributed by atoms with Crippen LogP contribution in [0.3, 0.4) is 0 Å². The fourth-order valence-corrected chi connectivity index (χ4v) is 4.50. The summed E-state index contributed by atoms with van der Waals surface area (Å²) in [7, 11) is 0. The molecule has 0 fully saturated rings. The van der Waals surface area contributed by atoms with Crippen molar-refractivity contribution in [3.05, 3.63) is 94.3 Å². The lowest BCUT2D eigenvalue weighted by atomic mass is 10.1. The van der Waals surface area contributed by atoms with E-state index in [1.165, 1.54) is 24.2 Å². The number of hydrogen-bond acceptors (Lipinski definition) is 5. The molecule has 1 heterocycles. The molecule has 1 unspecified atom stereocenters. The summed E-state index contributed by atoms with van der Waals surface area (Å²) < 4.78 is 1.56. The molecule has 1 amide bonds. The van der Waals surface area contributed by atoms with Crippen molar-refractivity contribution in [1.82, 2.24) is 9.55 Å². The molecule has 0 radical (unpaired) electrons. The largest absolute Gasteiger partial charge is 0.325 e. The van der Waals surface area contributed by atoms with E-state index in [1.807, 2.05) is 36.4 Å². The molecule has 1 atom stereocenters. The van der Waals surface area contributed by atoms with E-state index in [4.69, 9.17) is 4.98 Å². The molecule has 4 aromatic rings. The zero-order valence-corrected chi connectivity index (χ0v) is 20.1. The first-order chi connectivity index (χ1) is 16.4. The third-order valence-electron chi connectivity index (χ3n) is 5.54. The van der Waals surface area contributed by atoms with Crippen molar-refractivity contribution in [3.63, 3.8) is 0 Å². The minimum Gasteiger partial charge on any atom is -0.325 e. The molecule has 4 rings (SSSR count). The number of thioether (sulfide) groups is 1. The van der Waals surface area contributed by atoms with Gasteiger partial charge in [-0.25, -0.2) is 4.98 Å². The lowest BCUT2D eigenvalue weighted by Crippen LogP contribution is -2.26. The predicted molar refractivity (Wildman–Crippen MR) is 137 cm³/mol. The number of rotatable bonds is 7. The van der Waals surface area contributed by atoms with Gasteiger partial charge in [0.05, 0.1) is 21.8 Å². The van der Waals surface area contributed by atoms with E-state index in [-0.39, 0.29) is 17.2 Å². The van der Waals surface area contributed by atoms with Gasteiger partial charge in [-0.3, -0.25) is 19.0 Å². The number of aromatic nitrogens is 2. The zero-order chi connectivity index (χ0) is 24.2. The van der Waals surface area contributed by atoms with E-state index in [0.29, 0.717) is 33.0 Å². The van der Waals surface area contributed by atoms with Gasteiger partial charge in [-0.2, -0.15) is 0 Å². The molecule has 3 aromatic carbocycles. The molecule has 0 aliphatic heterocycles. The van der Waals surface area contributed by atoms with E-state index in [1.54, 1.807) is 47.9 Å². The van der Waals surface area contributed by atoms with Crippen LogP contribution in [0.4, 0.5) is 5.69 Å². The number of benzene rings is 3. The summed E-state index contributed by atoms with van der Waals surface area (Å²) in [5.74, 6) is -0.321. The molecule has 6 nitrogen and oxygen atoms in total. The normalized spacial score (nSPS) is 11.9. The van der Waals surface area contributed by atoms with Crippen molar-refractivity contribution < 1.29 is 9.59 Å². The van der Waals surface area contributed by atoms with Crippen molar-refractivity contribution >= 4 is 40.0 Å². The third-order valence-corrected chi connectivity index (χ3v) is 6.59. The number of fused-ring (bicyclic) bond motifs is 1. The number of carbonyl (C=O) groups excluding carboxylic acids is 2. The van der Waals surface area contributed by atoms with Crippen molar-refractivity contribution in [2.24, 2.45) is 0 Å². The van der Waals surface area contributed by atoms with E-state index in [0.717, 1.165) is 6.42 Å². The van der Waals surface area contributed by atoms with Crippen LogP contribution in [-0.4, -0.2) is 26.5 Å². The highest BCUT2D eigenvalue weighted by Crippen LogP contribution is 2.26. The number of aryl methyl sites for hydroxylation is 1. The number of anilines is 1. The molecule has 34 heavy (non-hydrogen) atoms. The fourth-order valence-electron chi connectivity index (χ4n) is 3.57. The average molecular weight is 472 g/mol. The van der Waals surface area contributed by atoms with E-state index < -0.39 is 5.25 Å². The molecular formula is C27H25N3O3S. The lowest BCUT2D eigenvalue weighted by molar-refractivity contribution is -0.115. The van der Waals surface area contributed by atoms with E-state index >= 15 is 0 Å². The summed E-state index contributed by atoms with van der Waals surface area (Å²) in [6.07, 6.45) is 0.898. The Morgan fingerprint density at radius 1 is 1.03 bits per heavy atom. The first kappa shape index (κ1) is 23.4. The van der Waals surface area contributed by atoms with Crippen LogP contribution < -0.4 is 10.9 Å². The first-order valence-corrected chi connectivity index (χ1v) is 11.9. The topological polar surface area (TPSA) is 81.1 Å². The Balaban J connectivity index is 1.68.